The van der Waals surface area contributed by atoms with Crippen molar-refractivity contribution in [2.45, 2.75) is 38.3 Å². The number of nitrogens with one attached hydrogen (secondary N) is 1. The molecule has 0 radical (unpaired) electrons. The molecule has 3 rings (SSSR count). The molecule has 2 heterocycles. The van der Waals surface area contributed by atoms with Gasteiger partial charge in [0.05, 0.1) is 0 Å². The van der Waals surface area contributed by atoms with Gasteiger partial charge in [-0.15, -0.1) is 0 Å². The molecule has 1 aliphatic carbocycles. The first-order valence-electron chi connectivity index (χ1n) is 7.07. The molecule has 1 atom stereocenters. The highest BCUT2D eigenvalue weighted by molar-refractivity contribution is 4.97. The Bertz CT molecular complexity index is 227. The summed E-state index contributed by atoms with van der Waals surface area (Å²) in [4.78, 5) is 5.43. The minimum Gasteiger partial charge on any atom is -0.314 e. The molecule has 0 aromatic rings. The largest absolute Gasteiger partial charge is 0.314 e. The van der Waals surface area contributed by atoms with Crippen LogP contribution in [0, 0.1) is 5.92 Å². The summed E-state index contributed by atoms with van der Waals surface area (Å²) in [5.74, 6) is 1.05. The molecule has 3 aliphatic rings. The number of piperazine rings is 1. The zero-order valence-corrected chi connectivity index (χ0v) is 10.5. The highest BCUT2D eigenvalue weighted by Crippen LogP contribution is 2.38. The van der Waals surface area contributed by atoms with Crippen molar-refractivity contribution in [3.8, 4) is 0 Å². The second kappa shape index (κ2) is 4.63. The van der Waals surface area contributed by atoms with Crippen LogP contribution in [0.2, 0.25) is 0 Å². The third-order valence-corrected chi connectivity index (χ3v) is 4.61. The average Bonchev–Trinajstić information content (AvgIpc) is 3.08. The van der Waals surface area contributed by atoms with Crippen LogP contribution in [0.15, 0.2) is 0 Å². The molecule has 3 heteroatoms. The maximum atomic E-state index is 3.44. The normalized spacial score (nSPS) is 31.3. The number of likely N-dealkylation sites (tertiary alicyclic amines) is 1. The first kappa shape index (κ1) is 11.0. The molecule has 0 spiro atoms. The summed E-state index contributed by atoms with van der Waals surface area (Å²) >= 11 is 0. The first-order valence-corrected chi connectivity index (χ1v) is 7.07. The van der Waals surface area contributed by atoms with Crippen molar-refractivity contribution < 1.29 is 0 Å². The van der Waals surface area contributed by atoms with E-state index in [4.69, 9.17) is 0 Å². The van der Waals surface area contributed by atoms with Gasteiger partial charge in [-0.3, -0.25) is 9.80 Å². The minimum absolute atomic E-state index is 0.870. The first-order chi connectivity index (χ1) is 7.88. The van der Waals surface area contributed by atoms with Crippen LogP contribution in [-0.4, -0.2) is 61.2 Å². The van der Waals surface area contributed by atoms with Crippen LogP contribution < -0.4 is 5.32 Å². The summed E-state index contributed by atoms with van der Waals surface area (Å²) in [6.45, 7) is 9.95. The molecular formula is C13H25N3. The number of hydrogen-bond acceptors (Lipinski definition) is 3. The van der Waals surface area contributed by atoms with Gasteiger partial charge in [-0.05, 0) is 25.2 Å². The van der Waals surface area contributed by atoms with Crippen LogP contribution in [0.3, 0.4) is 0 Å². The van der Waals surface area contributed by atoms with Crippen molar-refractivity contribution in [2.75, 3.05) is 39.3 Å². The fourth-order valence-corrected chi connectivity index (χ4v) is 3.41. The van der Waals surface area contributed by atoms with Crippen molar-refractivity contribution in [3.05, 3.63) is 0 Å². The lowest BCUT2D eigenvalue weighted by atomic mass is 9.98. The fourth-order valence-electron chi connectivity index (χ4n) is 3.41. The summed E-state index contributed by atoms with van der Waals surface area (Å²) in [5.41, 5.74) is 0. The van der Waals surface area contributed by atoms with Crippen LogP contribution in [0.5, 0.6) is 0 Å². The van der Waals surface area contributed by atoms with Gasteiger partial charge < -0.3 is 5.32 Å². The van der Waals surface area contributed by atoms with Gasteiger partial charge >= 0.3 is 0 Å². The Kier molecular flexibility index (Phi) is 3.18. The van der Waals surface area contributed by atoms with Gasteiger partial charge in [0.25, 0.3) is 0 Å². The zero-order chi connectivity index (χ0) is 11.0. The van der Waals surface area contributed by atoms with E-state index in [9.17, 15) is 0 Å². The summed E-state index contributed by atoms with van der Waals surface area (Å²) < 4.78 is 0. The van der Waals surface area contributed by atoms with E-state index in [-0.39, 0.29) is 0 Å². The minimum atomic E-state index is 0.870. The molecule has 2 saturated heterocycles. The van der Waals surface area contributed by atoms with Gasteiger partial charge in [0.15, 0.2) is 0 Å². The van der Waals surface area contributed by atoms with E-state index in [1.807, 2.05) is 0 Å². The van der Waals surface area contributed by atoms with Crippen LogP contribution in [0.1, 0.15) is 26.2 Å². The van der Waals surface area contributed by atoms with E-state index in [2.05, 4.69) is 22.0 Å². The van der Waals surface area contributed by atoms with E-state index in [1.165, 1.54) is 58.5 Å². The van der Waals surface area contributed by atoms with Crippen LogP contribution in [0.4, 0.5) is 0 Å². The Morgan fingerprint density at radius 3 is 2.44 bits per heavy atom. The van der Waals surface area contributed by atoms with Gasteiger partial charge in [-0.25, -0.2) is 0 Å². The van der Waals surface area contributed by atoms with Crippen LogP contribution in [-0.2, 0) is 0 Å². The van der Waals surface area contributed by atoms with Crippen molar-refractivity contribution in [2.24, 2.45) is 5.92 Å². The predicted molar refractivity (Wildman–Crippen MR) is 66.6 cm³/mol. The van der Waals surface area contributed by atoms with Gasteiger partial charge in [-0.1, -0.05) is 6.92 Å². The molecule has 92 valence electrons. The van der Waals surface area contributed by atoms with Crippen molar-refractivity contribution >= 4 is 0 Å². The SMILES string of the molecule is CCC(C1CC1)N1CC(N2CCNCC2)C1. The lowest BCUT2D eigenvalue weighted by Crippen LogP contribution is -2.65. The molecule has 0 aromatic heterocycles. The lowest BCUT2D eigenvalue weighted by Gasteiger charge is -2.50. The summed E-state index contributed by atoms with van der Waals surface area (Å²) in [7, 11) is 0. The van der Waals surface area contributed by atoms with E-state index in [0.29, 0.717) is 0 Å². The highest BCUT2D eigenvalue weighted by Gasteiger charge is 2.41. The monoisotopic (exact) mass is 223 g/mol. The third kappa shape index (κ3) is 2.13. The maximum Gasteiger partial charge on any atom is 0.0351 e. The van der Waals surface area contributed by atoms with Gasteiger partial charge in [0.2, 0.25) is 0 Å². The fraction of sp³-hybridized carbons (Fsp3) is 1.00. The van der Waals surface area contributed by atoms with Gasteiger partial charge in [0.1, 0.15) is 0 Å². The van der Waals surface area contributed by atoms with Gasteiger partial charge in [-0.2, -0.15) is 0 Å². The van der Waals surface area contributed by atoms with E-state index < -0.39 is 0 Å². The second-order valence-corrected chi connectivity index (χ2v) is 5.71. The Balaban J connectivity index is 1.46. The number of rotatable bonds is 4. The summed E-state index contributed by atoms with van der Waals surface area (Å²) in [6.07, 6.45) is 4.35. The standard InChI is InChI=1S/C13H25N3/c1-2-13(11-3-4-11)16-9-12(10-16)15-7-5-14-6-8-15/h11-14H,2-10H2,1H3. The molecule has 3 fully saturated rings. The molecule has 1 N–H and O–H groups in total. The highest BCUT2D eigenvalue weighted by atomic mass is 15.3. The van der Waals surface area contributed by atoms with Crippen molar-refractivity contribution in [1.29, 1.82) is 0 Å². The van der Waals surface area contributed by atoms with Crippen LogP contribution >= 0.6 is 0 Å². The summed E-state index contributed by atoms with van der Waals surface area (Å²) in [5, 5.41) is 3.44. The predicted octanol–water partition coefficient (Wildman–Crippen LogP) is 0.764. The zero-order valence-electron chi connectivity index (χ0n) is 10.5. The molecule has 0 aromatic carbocycles. The number of hydrogen-bond donors (Lipinski definition) is 1. The lowest BCUT2D eigenvalue weighted by molar-refractivity contribution is -0.00747. The van der Waals surface area contributed by atoms with Crippen molar-refractivity contribution in [3.63, 3.8) is 0 Å². The Labute approximate surface area is 99.2 Å². The molecule has 16 heavy (non-hydrogen) atoms. The summed E-state index contributed by atoms with van der Waals surface area (Å²) in [6, 6.07) is 1.79. The third-order valence-electron chi connectivity index (χ3n) is 4.61. The molecule has 2 aliphatic heterocycles. The molecular weight excluding hydrogens is 198 g/mol. The molecule has 0 amide bonds. The molecule has 1 saturated carbocycles. The van der Waals surface area contributed by atoms with E-state index in [1.54, 1.807) is 0 Å². The van der Waals surface area contributed by atoms with E-state index >= 15 is 0 Å². The Hall–Kier alpha value is -0.120. The van der Waals surface area contributed by atoms with E-state index in [0.717, 1.165) is 18.0 Å². The molecule has 3 nitrogen and oxygen atoms in total. The quantitative estimate of drug-likeness (QED) is 0.759. The average molecular weight is 223 g/mol. The molecule has 0 bridgehead atoms. The Morgan fingerprint density at radius 1 is 1.19 bits per heavy atom. The second-order valence-electron chi connectivity index (χ2n) is 5.71. The van der Waals surface area contributed by atoms with Crippen molar-refractivity contribution in [1.82, 2.24) is 15.1 Å². The number of nitrogens with zero attached hydrogens (tertiary/aromatic N) is 2. The Morgan fingerprint density at radius 2 is 1.88 bits per heavy atom. The topological polar surface area (TPSA) is 18.5 Å². The van der Waals surface area contributed by atoms with Gasteiger partial charge in [0, 0.05) is 51.4 Å². The van der Waals surface area contributed by atoms with Crippen LogP contribution in [0.25, 0.3) is 0 Å². The maximum absolute atomic E-state index is 3.44. The smallest absolute Gasteiger partial charge is 0.0351 e. The molecule has 1 unspecified atom stereocenters.